The molecule has 1 saturated carbocycles. The Balaban J connectivity index is 0.00000180. The van der Waals surface area contributed by atoms with Gasteiger partial charge in [0.25, 0.3) is 0 Å². The molecule has 0 aliphatic heterocycles. The second-order valence-electron chi connectivity index (χ2n) is 8.98. The number of rotatable bonds is 8. The molecule has 1 aliphatic carbocycles. The SMILES string of the molecule is Cl.Cl.Clc1ccc2c(NC3CCC(NCCc4ccc(Oc5ccccc5)cc4)CC3)ccnc2c1. The van der Waals surface area contributed by atoms with Gasteiger partial charge in [0.05, 0.1) is 5.52 Å². The van der Waals surface area contributed by atoms with Gasteiger partial charge in [0.2, 0.25) is 0 Å². The molecule has 36 heavy (non-hydrogen) atoms. The first-order chi connectivity index (χ1) is 16.7. The number of aromatic nitrogens is 1. The van der Waals surface area contributed by atoms with Gasteiger partial charge in [-0.05, 0) is 92.7 Å². The molecule has 5 rings (SSSR count). The Hall–Kier alpha value is -2.50. The van der Waals surface area contributed by atoms with Crippen LogP contribution in [0, 0.1) is 0 Å². The number of anilines is 1. The number of para-hydroxylation sites is 1. The number of halogens is 3. The van der Waals surface area contributed by atoms with E-state index in [1.807, 2.05) is 48.7 Å². The highest BCUT2D eigenvalue weighted by atomic mass is 35.5. The lowest BCUT2D eigenvalue weighted by atomic mass is 9.90. The first-order valence-electron chi connectivity index (χ1n) is 12.1. The normalized spacial score (nSPS) is 17.0. The molecule has 4 aromatic rings. The summed E-state index contributed by atoms with van der Waals surface area (Å²) in [6.45, 7) is 0.997. The van der Waals surface area contributed by atoms with Gasteiger partial charge in [-0.25, -0.2) is 0 Å². The van der Waals surface area contributed by atoms with E-state index in [1.165, 1.54) is 31.2 Å². The van der Waals surface area contributed by atoms with Crippen molar-refractivity contribution in [1.29, 1.82) is 0 Å². The van der Waals surface area contributed by atoms with E-state index in [2.05, 4.69) is 52.0 Å². The van der Waals surface area contributed by atoms with Crippen molar-refractivity contribution in [3.8, 4) is 11.5 Å². The number of hydrogen-bond acceptors (Lipinski definition) is 4. The van der Waals surface area contributed by atoms with Crippen molar-refractivity contribution in [2.75, 3.05) is 11.9 Å². The summed E-state index contributed by atoms with van der Waals surface area (Å²) in [5.74, 6) is 1.74. The van der Waals surface area contributed by atoms with Crippen molar-refractivity contribution in [2.24, 2.45) is 0 Å². The van der Waals surface area contributed by atoms with Crippen LogP contribution in [-0.2, 0) is 6.42 Å². The maximum Gasteiger partial charge on any atom is 0.127 e. The van der Waals surface area contributed by atoms with Gasteiger partial charge in [-0.1, -0.05) is 41.9 Å². The number of benzene rings is 3. The Bertz CT molecular complexity index is 1210. The van der Waals surface area contributed by atoms with E-state index in [1.54, 1.807) is 0 Å². The zero-order chi connectivity index (χ0) is 23.2. The molecule has 0 radical (unpaired) electrons. The smallest absolute Gasteiger partial charge is 0.127 e. The number of fused-ring (bicyclic) bond motifs is 1. The summed E-state index contributed by atoms with van der Waals surface area (Å²) in [5, 5.41) is 9.36. The quantitative estimate of drug-likeness (QED) is 0.235. The Morgan fingerprint density at radius 2 is 1.50 bits per heavy atom. The molecule has 2 N–H and O–H groups in total. The topological polar surface area (TPSA) is 46.2 Å². The molecule has 4 nitrogen and oxygen atoms in total. The average molecular weight is 545 g/mol. The standard InChI is InChI=1S/C29H30ClN3O.2ClH/c30-22-8-15-27-28(17-19-32-29(27)20-22)33-24-11-9-23(10-12-24)31-18-16-21-6-13-26(14-7-21)34-25-4-2-1-3-5-25;;/h1-8,13-15,17,19-20,23-24,31H,9-12,16,18H2,(H,32,33);2*1H. The summed E-state index contributed by atoms with van der Waals surface area (Å²) in [4.78, 5) is 4.45. The van der Waals surface area contributed by atoms with Crippen LogP contribution >= 0.6 is 36.4 Å². The summed E-state index contributed by atoms with van der Waals surface area (Å²) >= 11 is 6.12. The summed E-state index contributed by atoms with van der Waals surface area (Å²) in [5.41, 5.74) is 3.42. The van der Waals surface area contributed by atoms with Crippen LogP contribution in [0.2, 0.25) is 5.02 Å². The Morgan fingerprint density at radius 3 is 2.25 bits per heavy atom. The van der Waals surface area contributed by atoms with E-state index in [9.17, 15) is 0 Å². The lowest BCUT2D eigenvalue weighted by Gasteiger charge is -2.30. The van der Waals surface area contributed by atoms with Crippen LogP contribution in [0.4, 0.5) is 5.69 Å². The molecule has 0 spiro atoms. The van der Waals surface area contributed by atoms with Gasteiger partial charge >= 0.3 is 0 Å². The minimum absolute atomic E-state index is 0. The first-order valence-corrected chi connectivity index (χ1v) is 12.5. The summed E-state index contributed by atoms with van der Waals surface area (Å²) < 4.78 is 5.88. The maximum atomic E-state index is 6.12. The Kier molecular flexibility index (Phi) is 10.7. The van der Waals surface area contributed by atoms with Gasteiger partial charge in [-0.2, -0.15) is 0 Å². The molecule has 1 heterocycles. The van der Waals surface area contributed by atoms with Gasteiger partial charge in [0, 0.05) is 34.4 Å². The van der Waals surface area contributed by atoms with Crippen molar-refractivity contribution in [3.05, 3.63) is 95.6 Å². The molecular weight excluding hydrogens is 513 g/mol. The fourth-order valence-corrected chi connectivity index (χ4v) is 4.84. The van der Waals surface area contributed by atoms with Crippen molar-refractivity contribution >= 4 is 53.0 Å². The number of pyridine rings is 1. The van der Waals surface area contributed by atoms with Crippen LogP contribution in [0.1, 0.15) is 31.2 Å². The van der Waals surface area contributed by atoms with Gasteiger partial charge in [-0.15, -0.1) is 24.8 Å². The predicted octanol–water partition coefficient (Wildman–Crippen LogP) is 8.08. The third-order valence-electron chi connectivity index (χ3n) is 6.54. The highest BCUT2D eigenvalue weighted by Gasteiger charge is 2.21. The Morgan fingerprint density at radius 1 is 0.806 bits per heavy atom. The third-order valence-corrected chi connectivity index (χ3v) is 6.78. The second-order valence-corrected chi connectivity index (χ2v) is 9.41. The zero-order valence-electron chi connectivity index (χ0n) is 20.0. The fraction of sp³-hybridized carbons (Fsp3) is 0.276. The fourth-order valence-electron chi connectivity index (χ4n) is 4.68. The largest absolute Gasteiger partial charge is 0.457 e. The van der Waals surface area contributed by atoms with E-state index < -0.39 is 0 Å². The maximum absolute atomic E-state index is 6.12. The minimum atomic E-state index is 0. The van der Waals surface area contributed by atoms with Crippen LogP contribution < -0.4 is 15.4 Å². The number of nitrogens with zero attached hydrogens (tertiary/aromatic N) is 1. The molecule has 0 bridgehead atoms. The lowest BCUT2D eigenvalue weighted by molar-refractivity contribution is 0.356. The van der Waals surface area contributed by atoms with Crippen LogP contribution in [-0.4, -0.2) is 23.6 Å². The van der Waals surface area contributed by atoms with Crippen molar-refractivity contribution < 1.29 is 4.74 Å². The number of ether oxygens (including phenoxy) is 1. The molecule has 3 aromatic carbocycles. The van der Waals surface area contributed by atoms with E-state index in [-0.39, 0.29) is 24.8 Å². The molecule has 0 saturated heterocycles. The van der Waals surface area contributed by atoms with Gasteiger partial charge in [0.1, 0.15) is 11.5 Å². The van der Waals surface area contributed by atoms with Gasteiger partial charge in [-0.3, -0.25) is 4.98 Å². The molecule has 7 heteroatoms. The Labute approximate surface area is 230 Å². The minimum Gasteiger partial charge on any atom is -0.457 e. The zero-order valence-corrected chi connectivity index (χ0v) is 22.4. The number of hydrogen-bond donors (Lipinski definition) is 2. The van der Waals surface area contributed by atoms with Crippen molar-refractivity contribution in [1.82, 2.24) is 10.3 Å². The molecule has 1 aliphatic rings. The molecule has 0 unspecified atom stereocenters. The molecule has 1 aromatic heterocycles. The van der Waals surface area contributed by atoms with Crippen LogP contribution in [0.5, 0.6) is 11.5 Å². The van der Waals surface area contributed by atoms with E-state index in [4.69, 9.17) is 16.3 Å². The van der Waals surface area contributed by atoms with E-state index >= 15 is 0 Å². The van der Waals surface area contributed by atoms with E-state index in [0.717, 1.165) is 46.1 Å². The monoisotopic (exact) mass is 543 g/mol. The van der Waals surface area contributed by atoms with Crippen LogP contribution in [0.15, 0.2) is 85.1 Å². The highest BCUT2D eigenvalue weighted by molar-refractivity contribution is 6.31. The molecule has 0 amide bonds. The number of nitrogens with one attached hydrogen (secondary N) is 2. The summed E-state index contributed by atoms with van der Waals surface area (Å²) in [6.07, 6.45) is 7.60. The molecular formula is C29H32Cl3N3O. The summed E-state index contributed by atoms with van der Waals surface area (Å²) in [6, 6.07) is 27.4. The van der Waals surface area contributed by atoms with Crippen molar-refractivity contribution in [3.63, 3.8) is 0 Å². The predicted molar refractivity (Wildman–Crippen MR) is 156 cm³/mol. The molecule has 0 atom stereocenters. The second kappa shape index (κ2) is 13.7. The van der Waals surface area contributed by atoms with Crippen LogP contribution in [0.3, 0.4) is 0 Å². The van der Waals surface area contributed by atoms with Gasteiger partial charge in [0.15, 0.2) is 0 Å². The van der Waals surface area contributed by atoms with Crippen LogP contribution in [0.25, 0.3) is 10.9 Å². The first kappa shape index (κ1) is 28.1. The molecule has 190 valence electrons. The third kappa shape index (κ3) is 7.50. The van der Waals surface area contributed by atoms with Crippen molar-refractivity contribution in [2.45, 2.75) is 44.2 Å². The average Bonchev–Trinajstić information content (AvgIpc) is 2.87. The van der Waals surface area contributed by atoms with Gasteiger partial charge < -0.3 is 15.4 Å². The lowest BCUT2D eigenvalue weighted by Crippen LogP contribution is -2.37. The van der Waals surface area contributed by atoms with E-state index in [0.29, 0.717) is 12.1 Å². The summed E-state index contributed by atoms with van der Waals surface area (Å²) in [7, 11) is 0. The highest BCUT2D eigenvalue weighted by Crippen LogP contribution is 2.28. The molecule has 1 fully saturated rings.